The molecule has 6 nitrogen and oxygen atoms in total. The summed E-state index contributed by atoms with van der Waals surface area (Å²) in [6.45, 7) is 2.77. The number of likely N-dealkylation sites (N-methyl/N-ethyl adjacent to an activating group) is 1. The third kappa shape index (κ3) is 6.23. The van der Waals surface area contributed by atoms with E-state index in [0.717, 1.165) is 0 Å². The molecule has 16 heavy (non-hydrogen) atoms. The predicted molar refractivity (Wildman–Crippen MR) is 59.4 cm³/mol. The van der Waals surface area contributed by atoms with Gasteiger partial charge in [-0.15, -0.1) is 0 Å². The van der Waals surface area contributed by atoms with E-state index in [2.05, 4.69) is 5.32 Å². The average Bonchev–Trinajstić information content (AvgIpc) is 2.23. The summed E-state index contributed by atoms with van der Waals surface area (Å²) in [5.41, 5.74) is 0. The molecule has 0 aliphatic carbocycles. The summed E-state index contributed by atoms with van der Waals surface area (Å²) in [5.74, 6) is -0.910. The summed E-state index contributed by atoms with van der Waals surface area (Å²) in [7, 11) is 3.20. The van der Waals surface area contributed by atoms with E-state index in [0.29, 0.717) is 19.6 Å². The lowest BCUT2D eigenvalue weighted by Crippen LogP contribution is -2.44. The van der Waals surface area contributed by atoms with Crippen LogP contribution < -0.4 is 5.32 Å². The van der Waals surface area contributed by atoms with Crippen LogP contribution in [0.2, 0.25) is 0 Å². The molecule has 94 valence electrons. The predicted octanol–water partition coefficient (Wildman–Crippen LogP) is 0.528. The minimum absolute atomic E-state index is 0.0552. The Balaban J connectivity index is 4.03. The molecule has 0 aliphatic rings. The normalized spacial score (nSPS) is 11.9. The Morgan fingerprint density at radius 3 is 2.56 bits per heavy atom. The molecule has 0 saturated heterocycles. The quantitative estimate of drug-likeness (QED) is 0.671. The molecule has 0 aromatic carbocycles. The van der Waals surface area contributed by atoms with Crippen LogP contribution in [0.4, 0.5) is 4.79 Å². The summed E-state index contributed by atoms with van der Waals surface area (Å²) < 4.78 is 4.84. The lowest BCUT2D eigenvalue weighted by Gasteiger charge is -2.21. The molecule has 6 heteroatoms. The number of hydrogen-bond acceptors (Lipinski definition) is 3. The van der Waals surface area contributed by atoms with Gasteiger partial charge in [-0.3, -0.25) is 4.79 Å². The van der Waals surface area contributed by atoms with Crippen molar-refractivity contribution in [3.63, 3.8) is 0 Å². The molecule has 0 radical (unpaired) electrons. The van der Waals surface area contributed by atoms with E-state index in [1.54, 1.807) is 14.2 Å². The van der Waals surface area contributed by atoms with Crippen molar-refractivity contribution in [1.82, 2.24) is 10.2 Å². The molecule has 0 aromatic heterocycles. The fraction of sp³-hybridized carbons (Fsp3) is 0.800. The summed E-state index contributed by atoms with van der Waals surface area (Å²) in [6, 6.07) is -0.597. The maximum absolute atomic E-state index is 11.6. The Hall–Kier alpha value is -1.30. The van der Waals surface area contributed by atoms with Gasteiger partial charge in [-0.05, 0) is 6.42 Å². The summed E-state index contributed by atoms with van der Waals surface area (Å²) >= 11 is 0. The number of carboxylic acids is 1. The molecule has 2 N–H and O–H groups in total. The Labute approximate surface area is 95.6 Å². The van der Waals surface area contributed by atoms with Gasteiger partial charge in [0.1, 0.15) is 0 Å². The first-order valence-electron chi connectivity index (χ1n) is 5.23. The topological polar surface area (TPSA) is 78.9 Å². The van der Waals surface area contributed by atoms with Crippen molar-refractivity contribution in [2.75, 3.05) is 27.3 Å². The second kappa shape index (κ2) is 7.92. The molecule has 0 aliphatic heterocycles. The van der Waals surface area contributed by atoms with Crippen LogP contribution in [0, 0.1) is 0 Å². The van der Waals surface area contributed by atoms with Gasteiger partial charge in [0.15, 0.2) is 0 Å². The Bertz CT molecular complexity index is 233. The maximum Gasteiger partial charge on any atom is 0.317 e. The fourth-order valence-corrected chi connectivity index (χ4v) is 1.12. The second-order valence-electron chi connectivity index (χ2n) is 3.57. The van der Waals surface area contributed by atoms with Crippen LogP contribution in [0.3, 0.4) is 0 Å². The van der Waals surface area contributed by atoms with E-state index < -0.39 is 5.97 Å². The number of aliphatic carboxylic acids is 1. The molecule has 0 heterocycles. The third-order valence-corrected chi connectivity index (χ3v) is 2.22. The van der Waals surface area contributed by atoms with Gasteiger partial charge in [0.25, 0.3) is 0 Å². The molecular formula is C10H20N2O4. The van der Waals surface area contributed by atoms with Crippen LogP contribution in [-0.4, -0.2) is 55.4 Å². The monoisotopic (exact) mass is 232 g/mol. The molecular weight excluding hydrogens is 212 g/mol. The highest BCUT2D eigenvalue weighted by Crippen LogP contribution is 1.98. The first-order chi connectivity index (χ1) is 7.51. The van der Waals surface area contributed by atoms with Crippen molar-refractivity contribution in [3.05, 3.63) is 0 Å². The number of nitrogens with one attached hydrogen (secondary N) is 1. The van der Waals surface area contributed by atoms with E-state index in [-0.39, 0.29) is 18.5 Å². The molecule has 2 amide bonds. The number of rotatable bonds is 7. The zero-order valence-corrected chi connectivity index (χ0v) is 10.0. The summed E-state index contributed by atoms with van der Waals surface area (Å²) in [6.07, 6.45) is 0.538. The molecule has 0 fully saturated rings. The van der Waals surface area contributed by atoms with Crippen molar-refractivity contribution in [3.8, 4) is 0 Å². The second-order valence-corrected chi connectivity index (χ2v) is 3.57. The van der Waals surface area contributed by atoms with Gasteiger partial charge in [-0.1, -0.05) is 6.92 Å². The van der Waals surface area contributed by atoms with Gasteiger partial charge in [0.2, 0.25) is 0 Å². The van der Waals surface area contributed by atoms with Gasteiger partial charge in [-0.2, -0.15) is 0 Å². The number of hydrogen-bond donors (Lipinski definition) is 2. The standard InChI is InChI=1S/C10H20N2O4/c1-4-8(7-9(13)14)11-10(15)12(2)5-6-16-3/h8H,4-7H2,1-3H3,(H,11,15)(H,13,14). The highest BCUT2D eigenvalue weighted by molar-refractivity contribution is 5.75. The van der Waals surface area contributed by atoms with Gasteiger partial charge in [0, 0.05) is 26.7 Å². The summed E-state index contributed by atoms with van der Waals surface area (Å²) in [4.78, 5) is 23.5. The minimum Gasteiger partial charge on any atom is -0.481 e. The number of carbonyl (C=O) groups excluding carboxylic acids is 1. The Morgan fingerprint density at radius 1 is 1.50 bits per heavy atom. The minimum atomic E-state index is -0.910. The van der Waals surface area contributed by atoms with Crippen LogP contribution in [-0.2, 0) is 9.53 Å². The first kappa shape index (κ1) is 14.7. The lowest BCUT2D eigenvalue weighted by atomic mass is 10.1. The molecule has 1 unspecified atom stereocenters. The van der Waals surface area contributed by atoms with E-state index in [1.807, 2.05) is 6.92 Å². The molecule has 0 bridgehead atoms. The first-order valence-corrected chi connectivity index (χ1v) is 5.23. The molecule has 0 spiro atoms. The molecule has 1 atom stereocenters. The van der Waals surface area contributed by atoms with Crippen molar-refractivity contribution < 1.29 is 19.4 Å². The highest BCUT2D eigenvalue weighted by atomic mass is 16.5. The number of urea groups is 1. The lowest BCUT2D eigenvalue weighted by molar-refractivity contribution is -0.137. The van der Waals surface area contributed by atoms with Crippen LogP contribution >= 0.6 is 0 Å². The van der Waals surface area contributed by atoms with E-state index in [4.69, 9.17) is 9.84 Å². The van der Waals surface area contributed by atoms with Gasteiger partial charge >= 0.3 is 12.0 Å². The number of carbonyl (C=O) groups is 2. The molecule has 0 rings (SSSR count). The van der Waals surface area contributed by atoms with Crippen molar-refractivity contribution in [2.45, 2.75) is 25.8 Å². The number of ether oxygens (including phenoxy) is 1. The summed E-state index contributed by atoms with van der Waals surface area (Å²) in [5, 5.41) is 11.3. The number of amides is 2. The van der Waals surface area contributed by atoms with Crippen molar-refractivity contribution in [2.24, 2.45) is 0 Å². The van der Waals surface area contributed by atoms with Gasteiger partial charge in [0.05, 0.1) is 13.0 Å². The number of carboxylic acid groups (broad SMARTS) is 1. The zero-order valence-electron chi connectivity index (χ0n) is 10.0. The van der Waals surface area contributed by atoms with Crippen LogP contribution in [0.25, 0.3) is 0 Å². The average molecular weight is 232 g/mol. The van der Waals surface area contributed by atoms with Crippen molar-refractivity contribution >= 4 is 12.0 Å². The smallest absolute Gasteiger partial charge is 0.317 e. The van der Waals surface area contributed by atoms with E-state index in [1.165, 1.54) is 4.90 Å². The largest absolute Gasteiger partial charge is 0.481 e. The van der Waals surface area contributed by atoms with Crippen LogP contribution in [0.1, 0.15) is 19.8 Å². The maximum atomic E-state index is 11.6. The van der Waals surface area contributed by atoms with Gasteiger partial charge < -0.3 is 20.1 Å². The number of nitrogens with zero attached hydrogens (tertiary/aromatic N) is 1. The van der Waals surface area contributed by atoms with Crippen LogP contribution in [0.15, 0.2) is 0 Å². The fourth-order valence-electron chi connectivity index (χ4n) is 1.12. The van der Waals surface area contributed by atoms with E-state index >= 15 is 0 Å². The van der Waals surface area contributed by atoms with E-state index in [9.17, 15) is 9.59 Å². The van der Waals surface area contributed by atoms with Gasteiger partial charge in [-0.25, -0.2) is 4.79 Å². The zero-order chi connectivity index (χ0) is 12.6. The molecule has 0 aromatic rings. The van der Waals surface area contributed by atoms with Crippen LogP contribution in [0.5, 0.6) is 0 Å². The number of methoxy groups -OCH3 is 1. The molecule has 0 saturated carbocycles. The van der Waals surface area contributed by atoms with Crippen molar-refractivity contribution in [1.29, 1.82) is 0 Å². The SMILES string of the molecule is CCC(CC(=O)O)NC(=O)N(C)CCOC. The highest BCUT2D eigenvalue weighted by Gasteiger charge is 2.16. The third-order valence-electron chi connectivity index (χ3n) is 2.22. The Morgan fingerprint density at radius 2 is 2.12 bits per heavy atom. The Kier molecular flexibility index (Phi) is 7.28.